The fraction of sp³-hybridized carbons (Fsp3) is 1.00. The van der Waals surface area contributed by atoms with Crippen molar-refractivity contribution in [1.29, 1.82) is 0 Å². The van der Waals surface area contributed by atoms with Crippen LogP contribution in [0.3, 0.4) is 0 Å². The summed E-state index contributed by atoms with van der Waals surface area (Å²) < 4.78 is 0. The van der Waals surface area contributed by atoms with Crippen LogP contribution in [0.4, 0.5) is 0 Å². The lowest BCUT2D eigenvalue weighted by molar-refractivity contribution is 0.0277. The second kappa shape index (κ2) is 4.87. The molecular formula is C14H28N2O. The molecule has 0 aromatic rings. The van der Waals surface area contributed by atoms with Crippen LogP contribution in [0.5, 0.6) is 0 Å². The lowest BCUT2D eigenvalue weighted by Crippen LogP contribution is -2.47. The molecule has 4 unspecified atom stereocenters. The van der Waals surface area contributed by atoms with E-state index >= 15 is 0 Å². The highest BCUT2D eigenvalue weighted by molar-refractivity contribution is 4.95. The summed E-state index contributed by atoms with van der Waals surface area (Å²) in [6.07, 6.45) is 3.35. The van der Waals surface area contributed by atoms with Crippen molar-refractivity contribution >= 4 is 0 Å². The van der Waals surface area contributed by atoms with Crippen LogP contribution in [-0.2, 0) is 0 Å². The van der Waals surface area contributed by atoms with E-state index in [0.717, 1.165) is 26.1 Å². The topological polar surface area (TPSA) is 49.5 Å². The average molecular weight is 240 g/mol. The molecule has 2 aliphatic rings. The third kappa shape index (κ3) is 2.83. The zero-order valence-electron chi connectivity index (χ0n) is 11.5. The van der Waals surface area contributed by atoms with Crippen molar-refractivity contribution in [3.05, 3.63) is 0 Å². The van der Waals surface area contributed by atoms with Gasteiger partial charge in [-0.15, -0.1) is 0 Å². The summed E-state index contributed by atoms with van der Waals surface area (Å²) in [7, 11) is 0. The van der Waals surface area contributed by atoms with Crippen LogP contribution in [0.25, 0.3) is 0 Å². The molecule has 0 spiro atoms. The van der Waals surface area contributed by atoms with Crippen LogP contribution in [0.1, 0.15) is 40.0 Å². The molecule has 1 saturated carbocycles. The number of nitrogens with two attached hydrogens (primary N) is 1. The van der Waals surface area contributed by atoms with Gasteiger partial charge in [-0.2, -0.15) is 0 Å². The van der Waals surface area contributed by atoms with E-state index < -0.39 is 0 Å². The van der Waals surface area contributed by atoms with Gasteiger partial charge in [0, 0.05) is 25.7 Å². The molecule has 1 heterocycles. The Morgan fingerprint density at radius 3 is 2.59 bits per heavy atom. The molecule has 100 valence electrons. The number of piperidine rings is 1. The lowest BCUT2D eigenvalue weighted by atomic mass is 9.85. The Kier molecular flexibility index (Phi) is 3.81. The minimum absolute atomic E-state index is 0.0973. The van der Waals surface area contributed by atoms with E-state index in [-0.39, 0.29) is 6.10 Å². The van der Waals surface area contributed by atoms with Gasteiger partial charge in [0.2, 0.25) is 0 Å². The fourth-order valence-electron chi connectivity index (χ4n) is 3.46. The number of rotatable bonds is 2. The number of nitrogens with zero attached hydrogens (tertiary/aromatic N) is 1. The van der Waals surface area contributed by atoms with Crippen molar-refractivity contribution in [2.75, 3.05) is 19.6 Å². The molecule has 0 aromatic carbocycles. The molecule has 0 bridgehead atoms. The van der Waals surface area contributed by atoms with Gasteiger partial charge < -0.3 is 15.7 Å². The van der Waals surface area contributed by atoms with E-state index in [4.69, 9.17) is 5.73 Å². The molecule has 1 aliphatic heterocycles. The number of hydrogen-bond donors (Lipinski definition) is 2. The number of hydrogen-bond acceptors (Lipinski definition) is 3. The van der Waals surface area contributed by atoms with Crippen LogP contribution in [-0.4, -0.2) is 41.8 Å². The highest BCUT2D eigenvalue weighted by Crippen LogP contribution is 2.40. The Bertz CT molecular complexity index is 267. The summed E-state index contributed by atoms with van der Waals surface area (Å²) >= 11 is 0. The summed E-state index contributed by atoms with van der Waals surface area (Å²) in [5.41, 5.74) is 6.67. The first kappa shape index (κ1) is 13.3. The van der Waals surface area contributed by atoms with Crippen LogP contribution >= 0.6 is 0 Å². The smallest absolute Gasteiger partial charge is 0.0590 e. The van der Waals surface area contributed by atoms with E-state index in [1.54, 1.807) is 0 Å². The predicted molar refractivity (Wildman–Crippen MR) is 70.7 cm³/mol. The van der Waals surface area contributed by atoms with Gasteiger partial charge >= 0.3 is 0 Å². The predicted octanol–water partition coefficient (Wildman–Crippen LogP) is 1.45. The molecule has 1 saturated heterocycles. The molecule has 17 heavy (non-hydrogen) atoms. The lowest BCUT2D eigenvalue weighted by Gasteiger charge is -2.37. The first-order chi connectivity index (χ1) is 7.90. The van der Waals surface area contributed by atoms with Gasteiger partial charge in [-0.3, -0.25) is 0 Å². The molecule has 3 heteroatoms. The molecule has 1 aliphatic carbocycles. The summed E-state index contributed by atoms with van der Waals surface area (Å²) in [6.45, 7) is 9.93. The first-order valence-corrected chi connectivity index (χ1v) is 7.06. The zero-order valence-corrected chi connectivity index (χ0v) is 11.5. The molecular weight excluding hydrogens is 212 g/mol. The van der Waals surface area contributed by atoms with E-state index in [1.807, 2.05) is 0 Å². The van der Waals surface area contributed by atoms with Gasteiger partial charge in [0.15, 0.2) is 0 Å². The molecule has 0 amide bonds. The van der Waals surface area contributed by atoms with Crippen molar-refractivity contribution in [3.8, 4) is 0 Å². The SMILES string of the molecule is CC1CN(CC2CCC(C)(C)C2N)CCC1O. The van der Waals surface area contributed by atoms with Crippen LogP contribution in [0, 0.1) is 17.3 Å². The van der Waals surface area contributed by atoms with Crippen molar-refractivity contribution in [3.63, 3.8) is 0 Å². The van der Waals surface area contributed by atoms with Gasteiger partial charge in [0.1, 0.15) is 0 Å². The second-order valence-electron chi connectivity index (χ2n) is 6.91. The van der Waals surface area contributed by atoms with Gasteiger partial charge in [-0.05, 0) is 36.5 Å². The third-order valence-corrected chi connectivity index (χ3v) is 5.01. The van der Waals surface area contributed by atoms with Gasteiger partial charge in [-0.1, -0.05) is 20.8 Å². The third-order valence-electron chi connectivity index (χ3n) is 5.01. The highest BCUT2D eigenvalue weighted by atomic mass is 16.3. The van der Waals surface area contributed by atoms with Crippen LogP contribution < -0.4 is 5.73 Å². The van der Waals surface area contributed by atoms with E-state index in [2.05, 4.69) is 25.7 Å². The Morgan fingerprint density at radius 2 is 2.06 bits per heavy atom. The highest BCUT2D eigenvalue weighted by Gasteiger charge is 2.40. The molecule has 3 nitrogen and oxygen atoms in total. The van der Waals surface area contributed by atoms with Crippen LogP contribution in [0.2, 0.25) is 0 Å². The Hall–Kier alpha value is -0.120. The summed E-state index contributed by atoms with van der Waals surface area (Å²) in [4.78, 5) is 2.50. The molecule has 3 N–H and O–H groups in total. The van der Waals surface area contributed by atoms with Crippen molar-refractivity contribution in [2.45, 2.75) is 52.2 Å². The van der Waals surface area contributed by atoms with Crippen molar-refractivity contribution < 1.29 is 5.11 Å². The Balaban J connectivity index is 1.86. The van der Waals surface area contributed by atoms with E-state index in [0.29, 0.717) is 23.3 Å². The van der Waals surface area contributed by atoms with Crippen molar-refractivity contribution in [2.24, 2.45) is 23.0 Å². The average Bonchev–Trinajstić information content (AvgIpc) is 2.51. The first-order valence-electron chi connectivity index (χ1n) is 7.06. The number of aliphatic hydroxyl groups is 1. The maximum Gasteiger partial charge on any atom is 0.0590 e. The second-order valence-corrected chi connectivity index (χ2v) is 6.91. The zero-order chi connectivity index (χ0) is 12.6. The molecule has 0 radical (unpaired) electrons. The standard InChI is InChI=1S/C14H28N2O/c1-10-8-16(7-5-12(10)17)9-11-4-6-14(2,3)13(11)15/h10-13,17H,4-9,15H2,1-3H3. The summed E-state index contributed by atoms with van der Waals surface area (Å²) in [6, 6.07) is 0.338. The molecule has 4 atom stereocenters. The minimum Gasteiger partial charge on any atom is -0.393 e. The minimum atomic E-state index is -0.0973. The Labute approximate surface area is 105 Å². The summed E-state index contributed by atoms with van der Waals surface area (Å²) in [5, 5.41) is 9.74. The molecule has 2 fully saturated rings. The summed E-state index contributed by atoms with van der Waals surface area (Å²) in [5.74, 6) is 1.06. The van der Waals surface area contributed by atoms with Gasteiger partial charge in [0.25, 0.3) is 0 Å². The van der Waals surface area contributed by atoms with Crippen molar-refractivity contribution in [1.82, 2.24) is 4.90 Å². The maximum absolute atomic E-state index is 9.74. The van der Waals surface area contributed by atoms with Gasteiger partial charge in [0.05, 0.1) is 6.10 Å². The van der Waals surface area contributed by atoms with E-state index in [1.165, 1.54) is 12.8 Å². The molecule has 2 rings (SSSR count). The maximum atomic E-state index is 9.74. The monoisotopic (exact) mass is 240 g/mol. The van der Waals surface area contributed by atoms with E-state index in [9.17, 15) is 5.11 Å². The largest absolute Gasteiger partial charge is 0.393 e. The fourth-order valence-corrected chi connectivity index (χ4v) is 3.46. The Morgan fingerprint density at radius 1 is 1.35 bits per heavy atom. The quantitative estimate of drug-likeness (QED) is 0.768. The number of aliphatic hydroxyl groups excluding tert-OH is 1. The van der Waals surface area contributed by atoms with Crippen LogP contribution in [0.15, 0.2) is 0 Å². The van der Waals surface area contributed by atoms with Gasteiger partial charge in [-0.25, -0.2) is 0 Å². The number of likely N-dealkylation sites (tertiary alicyclic amines) is 1. The normalized spacial score (nSPS) is 42.9. The molecule has 0 aromatic heterocycles.